The van der Waals surface area contributed by atoms with Crippen molar-refractivity contribution in [2.24, 2.45) is 0 Å². The summed E-state index contributed by atoms with van der Waals surface area (Å²) in [7, 11) is 1.55. The molecule has 0 saturated carbocycles. The molecule has 3 aromatic rings. The van der Waals surface area contributed by atoms with Crippen LogP contribution in [0.2, 0.25) is 0 Å². The molecular weight excluding hydrogens is 542 g/mol. The van der Waals surface area contributed by atoms with Gasteiger partial charge in [-0.2, -0.15) is 0 Å². The van der Waals surface area contributed by atoms with Gasteiger partial charge in [0.05, 0.1) is 23.9 Å². The molecule has 0 aliphatic carbocycles. The fourth-order valence-corrected chi connectivity index (χ4v) is 5.85. The number of piperidine rings is 2. The summed E-state index contributed by atoms with van der Waals surface area (Å²) in [6, 6.07) is 20.7. The van der Waals surface area contributed by atoms with Crippen LogP contribution in [0.3, 0.4) is 0 Å². The molecule has 228 valence electrons. The van der Waals surface area contributed by atoms with Crippen LogP contribution < -0.4 is 24.4 Å². The number of hydrogen-bond donors (Lipinski definition) is 1. The average molecular weight is 586 g/mol. The Labute approximate surface area is 254 Å². The molecule has 0 spiro atoms. The average Bonchev–Trinajstić information content (AvgIpc) is 3.28. The highest BCUT2D eigenvalue weighted by Gasteiger charge is 2.37. The molecule has 2 atom stereocenters. The smallest absolute Gasteiger partial charge is 0.266 e. The molecule has 8 heteroatoms. The molecule has 1 N–H and O–H groups in total. The van der Waals surface area contributed by atoms with Crippen molar-refractivity contribution in [3.05, 3.63) is 77.9 Å². The van der Waals surface area contributed by atoms with Crippen LogP contribution in [0.15, 0.2) is 66.7 Å². The number of carbonyl (C=O) groups is 2. The van der Waals surface area contributed by atoms with Gasteiger partial charge in [-0.1, -0.05) is 31.0 Å². The number of rotatable bonds is 8. The van der Waals surface area contributed by atoms with Crippen molar-refractivity contribution in [3.63, 3.8) is 0 Å². The minimum absolute atomic E-state index is 0.309. The van der Waals surface area contributed by atoms with Gasteiger partial charge in [-0.25, -0.2) is 4.90 Å². The second kappa shape index (κ2) is 14.5. The number of fused-ring (bicyclic) bond motifs is 1. The van der Waals surface area contributed by atoms with E-state index in [-0.39, 0.29) is 5.91 Å². The highest BCUT2D eigenvalue weighted by atomic mass is 16.5. The van der Waals surface area contributed by atoms with E-state index in [2.05, 4.69) is 24.1 Å². The third kappa shape index (κ3) is 7.56. The predicted molar refractivity (Wildman–Crippen MR) is 169 cm³/mol. The molecule has 8 nitrogen and oxygen atoms in total. The van der Waals surface area contributed by atoms with E-state index in [0.717, 1.165) is 19.1 Å². The Bertz CT molecular complexity index is 1390. The Morgan fingerprint density at radius 1 is 0.814 bits per heavy atom. The highest BCUT2D eigenvalue weighted by Crippen LogP contribution is 2.37. The van der Waals surface area contributed by atoms with Crippen LogP contribution in [0.25, 0.3) is 0 Å². The number of hydrogen-bond acceptors (Lipinski definition) is 7. The standard InChI is InChI=1S/C29H30N2O5.C6H13N/c1-20-8-6-7-15-30(20)16-17-35-26-14-11-21(18-27(26)34-2)31-28(32)24-13-12-23(19-25(24)29(31)33)36-22-9-4-3-5-10-22;1-6-4-2-3-5-7-6/h3-5,9-14,18-20H,6-8,15-17H2,1-2H3;6-7H,2-5H2,1H3. The molecular formula is C35H43N3O5. The van der Waals surface area contributed by atoms with Crippen LogP contribution in [-0.2, 0) is 0 Å². The number of para-hydroxylation sites is 1. The molecule has 2 saturated heterocycles. The van der Waals surface area contributed by atoms with E-state index in [0.29, 0.717) is 52.5 Å². The number of carbonyl (C=O) groups excluding carboxylic acids is 2. The molecule has 2 fully saturated rings. The van der Waals surface area contributed by atoms with E-state index in [1.807, 2.05) is 30.3 Å². The van der Waals surface area contributed by atoms with Crippen LogP contribution in [0.5, 0.6) is 23.0 Å². The Hall–Kier alpha value is -3.88. The molecule has 0 aromatic heterocycles. The van der Waals surface area contributed by atoms with Crippen molar-refractivity contribution in [3.8, 4) is 23.0 Å². The van der Waals surface area contributed by atoms with Crippen LogP contribution >= 0.6 is 0 Å². The summed E-state index contributed by atoms with van der Waals surface area (Å²) >= 11 is 0. The fraction of sp³-hybridized carbons (Fsp3) is 0.429. The SMILES string of the molecule is CC1CCCCN1.COc1cc(N2C(=O)c3ccc(Oc4ccccc4)cc3C2=O)ccc1OCCN1CCCCC1C. The van der Waals surface area contributed by atoms with Gasteiger partial charge < -0.3 is 19.5 Å². The summed E-state index contributed by atoms with van der Waals surface area (Å²) in [6.07, 6.45) is 7.91. The molecule has 3 heterocycles. The number of ether oxygens (including phenoxy) is 3. The molecule has 6 rings (SSSR count). The summed E-state index contributed by atoms with van der Waals surface area (Å²) in [5.74, 6) is 1.43. The van der Waals surface area contributed by atoms with E-state index in [9.17, 15) is 9.59 Å². The fourth-order valence-electron chi connectivity index (χ4n) is 5.85. The van der Waals surface area contributed by atoms with Crippen LogP contribution in [0, 0.1) is 0 Å². The van der Waals surface area contributed by atoms with E-state index >= 15 is 0 Å². The van der Waals surface area contributed by atoms with Gasteiger partial charge in [-0.3, -0.25) is 14.5 Å². The number of nitrogens with zero attached hydrogens (tertiary/aromatic N) is 2. The lowest BCUT2D eigenvalue weighted by Crippen LogP contribution is -2.39. The molecule has 3 aromatic carbocycles. The van der Waals surface area contributed by atoms with Crippen LogP contribution in [0.1, 0.15) is 73.1 Å². The quantitative estimate of drug-likeness (QED) is 0.295. The van der Waals surface area contributed by atoms with Crippen molar-refractivity contribution in [1.82, 2.24) is 10.2 Å². The Morgan fingerprint density at radius 2 is 1.60 bits per heavy atom. The van der Waals surface area contributed by atoms with Gasteiger partial charge in [0.1, 0.15) is 18.1 Å². The number of anilines is 1. The summed E-state index contributed by atoms with van der Waals surface area (Å²) < 4.78 is 17.4. The van der Waals surface area contributed by atoms with Crippen molar-refractivity contribution in [2.45, 2.75) is 64.5 Å². The Morgan fingerprint density at radius 3 is 2.30 bits per heavy atom. The second-order valence-corrected chi connectivity index (χ2v) is 11.5. The maximum atomic E-state index is 13.2. The van der Waals surface area contributed by atoms with Crippen LogP contribution in [0.4, 0.5) is 5.69 Å². The zero-order valence-electron chi connectivity index (χ0n) is 25.5. The summed E-state index contributed by atoms with van der Waals surface area (Å²) in [5, 5.41) is 3.38. The van der Waals surface area contributed by atoms with Crippen molar-refractivity contribution < 1.29 is 23.8 Å². The molecule has 0 radical (unpaired) electrons. The number of benzene rings is 3. The van der Waals surface area contributed by atoms with Gasteiger partial charge in [0.25, 0.3) is 11.8 Å². The monoisotopic (exact) mass is 585 g/mol. The van der Waals surface area contributed by atoms with E-state index < -0.39 is 5.91 Å². The minimum atomic E-state index is -0.400. The first kappa shape index (κ1) is 30.6. The van der Waals surface area contributed by atoms with Gasteiger partial charge in [0.15, 0.2) is 11.5 Å². The molecule has 0 bridgehead atoms. The number of imide groups is 1. The summed E-state index contributed by atoms with van der Waals surface area (Å²) in [4.78, 5) is 30.0. The number of methoxy groups -OCH3 is 1. The van der Waals surface area contributed by atoms with Gasteiger partial charge in [-0.05, 0) is 95.1 Å². The van der Waals surface area contributed by atoms with Crippen molar-refractivity contribution in [2.75, 3.05) is 38.3 Å². The lowest BCUT2D eigenvalue weighted by molar-refractivity contribution is 0.0926. The number of nitrogens with one attached hydrogen (secondary N) is 1. The van der Waals surface area contributed by atoms with E-state index in [1.54, 1.807) is 43.5 Å². The Kier molecular flexibility index (Phi) is 10.3. The molecule has 2 unspecified atom stereocenters. The predicted octanol–water partition coefficient (Wildman–Crippen LogP) is 6.69. The number of likely N-dealkylation sites (tertiary alicyclic amines) is 1. The normalized spacial score (nSPS) is 20.2. The molecule has 2 amide bonds. The first-order valence-corrected chi connectivity index (χ1v) is 15.5. The summed E-state index contributed by atoms with van der Waals surface area (Å²) in [5.41, 5.74) is 1.08. The first-order chi connectivity index (χ1) is 20.9. The molecule has 43 heavy (non-hydrogen) atoms. The number of amides is 2. The molecule has 3 aliphatic heterocycles. The van der Waals surface area contributed by atoms with Gasteiger partial charge in [-0.15, -0.1) is 0 Å². The van der Waals surface area contributed by atoms with Crippen molar-refractivity contribution >= 4 is 17.5 Å². The van der Waals surface area contributed by atoms with E-state index in [4.69, 9.17) is 14.2 Å². The third-order valence-electron chi connectivity index (χ3n) is 8.38. The topological polar surface area (TPSA) is 80.3 Å². The van der Waals surface area contributed by atoms with Gasteiger partial charge >= 0.3 is 0 Å². The third-order valence-corrected chi connectivity index (χ3v) is 8.38. The highest BCUT2D eigenvalue weighted by molar-refractivity contribution is 6.34. The zero-order valence-corrected chi connectivity index (χ0v) is 25.5. The van der Waals surface area contributed by atoms with E-state index in [1.165, 1.54) is 50.0 Å². The zero-order chi connectivity index (χ0) is 30.2. The maximum Gasteiger partial charge on any atom is 0.266 e. The van der Waals surface area contributed by atoms with Crippen LogP contribution in [-0.4, -0.2) is 62.1 Å². The second-order valence-electron chi connectivity index (χ2n) is 11.5. The lowest BCUT2D eigenvalue weighted by Gasteiger charge is -2.33. The van der Waals surface area contributed by atoms with Gasteiger partial charge in [0, 0.05) is 24.7 Å². The summed E-state index contributed by atoms with van der Waals surface area (Å²) in [6.45, 7) is 8.22. The Balaban J connectivity index is 0.000000463. The largest absolute Gasteiger partial charge is 0.493 e. The molecule has 3 aliphatic rings. The first-order valence-electron chi connectivity index (χ1n) is 15.5. The minimum Gasteiger partial charge on any atom is -0.493 e. The maximum absolute atomic E-state index is 13.2. The lowest BCUT2D eigenvalue weighted by atomic mass is 10.0. The van der Waals surface area contributed by atoms with Gasteiger partial charge in [0.2, 0.25) is 0 Å². The van der Waals surface area contributed by atoms with Crippen molar-refractivity contribution in [1.29, 1.82) is 0 Å².